The zero-order valence-corrected chi connectivity index (χ0v) is 14.8. The number of likely N-dealkylation sites (tertiary alicyclic amines) is 1. The van der Waals surface area contributed by atoms with Crippen molar-refractivity contribution in [3.05, 3.63) is 54.5 Å². The maximum atomic E-state index is 12.7. The summed E-state index contributed by atoms with van der Waals surface area (Å²) in [4.78, 5) is 25.6. The molecule has 0 saturated carbocycles. The Morgan fingerprint density at radius 3 is 2.85 bits per heavy atom. The molecule has 1 fully saturated rings. The van der Waals surface area contributed by atoms with Gasteiger partial charge in [0.15, 0.2) is 11.5 Å². The Morgan fingerprint density at radius 2 is 2.07 bits per heavy atom. The van der Waals surface area contributed by atoms with E-state index in [1.807, 2.05) is 30.3 Å². The van der Waals surface area contributed by atoms with Crippen LogP contribution in [0.25, 0.3) is 11.3 Å². The summed E-state index contributed by atoms with van der Waals surface area (Å²) >= 11 is 0. The minimum Gasteiger partial charge on any atom is -0.355 e. The topological polar surface area (TPSA) is 93.3 Å². The Labute approximate surface area is 155 Å². The monoisotopic (exact) mass is 365 g/mol. The van der Waals surface area contributed by atoms with E-state index in [1.165, 1.54) is 6.92 Å². The fraction of sp³-hybridized carbons (Fsp3) is 0.263. The lowest BCUT2D eigenvalue weighted by molar-refractivity contribution is -0.114. The fourth-order valence-electron chi connectivity index (χ4n) is 3.22. The van der Waals surface area contributed by atoms with Crippen LogP contribution in [0.3, 0.4) is 0 Å². The quantitative estimate of drug-likeness (QED) is 0.767. The maximum absolute atomic E-state index is 12.7. The molecule has 4 rings (SSSR count). The van der Waals surface area contributed by atoms with Gasteiger partial charge in [-0.05, 0) is 6.42 Å². The third-order valence-electron chi connectivity index (χ3n) is 4.53. The molecule has 1 unspecified atom stereocenters. The number of hydrogen-bond acceptors (Lipinski definition) is 5. The lowest BCUT2D eigenvalue weighted by atomic mass is 10.1. The number of carbonyl (C=O) groups excluding carboxylic acids is 2. The van der Waals surface area contributed by atoms with Gasteiger partial charge < -0.3 is 14.7 Å². The number of anilines is 1. The summed E-state index contributed by atoms with van der Waals surface area (Å²) in [5.74, 6) is 0.275. The predicted molar refractivity (Wildman–Crippen MR) is 98.0 cm³/mol. The molecule has 1 aliphatic heterocycles. The molecule has 1 aromatic carbocycles. The Kier molecular flexibility index (Phi) is 4.45. The third-order valence-corrected chi connectivity index (χ3v) is 4.53. The fourth-order valence-corrected chi connectivity index (χ4v) is 3.22. The van der Waals surface area contributed by atoms with Crippen LogP contribution in [0.1, 0.15) is 29.9 Å². The van der Waals surface area contributed by atoms with Crippen LogP contribution in [-0.4, -0.2) is 44.7 Å². The van der Waals surface area contributed by atoms with Crippen molar-refractivity contribution in [2.75, 3.05) is 18.4 Å². The van der Waals surface area contributed by atoms with E-state index in [4.69, 9.17) is 4.52 Å². The van der Waals surface area contributed by atoms with Crippen LogP contribution in [0, 0.1) is 0 Å². The minimum atomic E-state index is -0.155. The first kappa shape index (κ1) is 17.0. The summed E-state index contributed by atoms with van der Waals surface area (Å²) in [5.41, 5.74) is 1.83. The minimum absolute atomic E-state index is 0.0666. The lowest BCUT2D eigenvalue weighted by Gasteiger charge is -2.15. The van der Waals surface area contributed by atoms with Gasteiger partial charge in [0.1, 0.15) is 0 Å². The Morgan fingerprint density at radius 1 is 1.26 bits per heavy atom. The van der Waals surface area contributed by atoms with E-state index in [9.17, 15) is 9.59 Å². The van der Waals surface area contributed by atoms with Crippen LogP contribution in [0.15, 0.2) is 53.3 Å². The molecular formula is C19H19N5O3. The van der Waals surface area contributed by atoms with Gasteiger partial charge in [-0.2, -0.15) is 5.10 Å². The highest BCUT2D eigenvalue weighted by Gasteiger charge is 2.30. The predicted octanol–water partition coefficient (Wildman–Crippen LogP) is 2.58. The molecule has 3 aromatic rings. The van der Waals surface area contributed by atoms with Crippen LogP contribution in [-0.2, 0) is 4.79 Å². The van der Waals surface area contributed by atoms with Crippen molar-refractivity contribution in [2.45, 2.75) is 19.4 Å². The molecule has 3 heterocycles. The van der Waals surface area contributed by atoms with Gasteiger partial charge in [0, 0.05) is 37.8 Å². The van der Waals surface area contributed by atoms with E-state index in [1.54, 1.807) is 28.0 Å². The Bertz CT molecular complexity index is 963. The lowest BCUT2D eigenvalue weighted by Crippen LogP contribution is -2.29. The highest BCUT2D eigenvalue weighted by Crippen LogP contribution is 2.25. The highest BCUT2D eigenvalue weighted by atomic mass is 16.5. The van der Waals surface area contributed by atoms with Crippen LogP contribution >= 0.6 is 0 Å². The molecule has 0 spiro atoms. The van der Waals surface area contributed by atoms with Gasteiger partial charge in [0.05, 0.1) is 17.9 Å². The Balaban J connectivity index is 1.43. The van der Waals surface area contributed by atoms with Crippen molar-refractivity contribution in [3.63, 3.8) is 0 Å². The molecule has 0 aliphatic carbocycles. The van der Waals surface area contributed by atoms with E-state index >= 15 is 0 Å². The van der Waals surface area contributed by atoms with Gasteiger partial charge in [-0.3, -0.25) is 14.3 Å². The van der Waals surface area contributed by atoms with E-state index in [0.29, 0.717) is 30.2 Å². The van der Waals surface area contributed by atoms with Crippen LogP contribution in [0.4, 0.5) is 5.69 Å². The number of nitrogens with one attached hydrogen (secondary N) is 1. The van der Waals surface area contributed by atoms with E-state index in [0.717, 1.165) is 12.0 Å². The van der Waals surface area contributed by atoms with Gasteiger partial charge in [0.2, 0.25) is 5.91 Å². The number of rotatable bonds is 4. The largest absolute Gasteiger partial charge is 0.355 e. The smallest absolute Gasteiger partial charge is 0.276 e. The van der Waals surface area contributed by atoms with Crippen molar-refractivity contribution < 1.29 is 14.1 Å². The van der Waals surface area contributed by atoms with Crippen molar-refractivity contribution in [2.24, 2.45) is 0 Å². The molecule has 1 atom stereocenters. The first-order valence-electron chi connectivity index (χ1n) is 8.73. The molecule has 138 valence electrons. The second-order valence-electron chi connectivity index (χ2n) is 6.53. The van der Waals surface area contributed by atoms with Crippen molar-refractivity contribution in [3.8, 4) is 11.3 Å². The molecular weight excluding hydrogens is 346 g/mol. The molecule has 1 saturated heterocycles. The highest BCUT2D eigenvalue weighted by molar-refractivity contribution is 5.93. The van der Waals surface area contributed by atoms with Gasteiger partial charge in [-0.1, -0.05) is 35.5 Å². The van der Waals surface area contributed by atoms with Gasteiger partial charge >= 0.3 is 0 Å². The number of aromatic nitrogens is 3. The van der Waals surface area contributed by atoms with Crippen molar-refractivity contribution in [1.82, 2.24) is 19.8 Å². The molecule has 8 heteroatoms. The first-order chi connectivity index (χ1) is 13.1. The third kappa shape index (κ3) is 3.59. The molecule has 27 heavy (non-hydrogen) atoms. The standard InChI is InChI=1S/C19H19N5O3/c1-13(25)21-15-10-20-24(11-15)16-7-8-23(12-16)19(26)17-9-18(27-22-17)14-5-3-2-4-6-14/h2-6,9-11,16H,7-8,12H2,1H3,(H,21,25). The average molecular weight is 365 g/mol. The molecule has 8 nitrogen and oxygen atoms in total. The van der Waals surface area contributed by atoms with Crippen LogP contribution in [0.2, 0.25) is 0 Å². The zero-order valence-electron chi connectivity index (χ0n) is 14.8. The number of nitrogens with zero attached hydrogens (tertiary/aromatic N) is 4. The molecule has 0 bridgehead atoms. The van der Waals surface area contributed by atoms with E-state index in [-0.39, 0.29) is 17.9 Å². The number of carbonyl (C=O) groups is 2. The molecule has 2 aromatic heterocycles. The number of hydrogen-bond donors (Lipinski definition) is 1. The summed E-state index contributed by atoms with van der Waals surface area (Å²) < 4.78 is 7.12. The number of benzene rings is 1. The normalized spacial score (nSPS) is 16.5. The zero-order chi connectivity index (χ0) is 18.8. The summed E-state index contributed by atoms with van der Waals surface area (Å²) in [5, 5.41) is 10.9. The second-order valence-corrected chi connectivity index (χ2v) is 6.53. The molecule has 0 radical (unpaired) electrons. The maximum Gasteiger partial charge on any atom is 0.276 e. The summed E-state index contributed by atoms with van der Waals surface area (Å²) in [6.45, 7) is 2.61. The van der Waals surface area contributed by atoms with E-state index in [2.05, 4.69) is 15.6 Å². The molecule has 2 amide bonds. The van der Waals surface area contributed by atoms with Crippen LogP contribution < -0.4 is 5.32 Å². The average Bonchev–Trinajstić information content (AvgIpc) is 3.41. The number of amides is 2. The summed E-state index contributed by atoms with van der Waals surface area (Å²) in [6.07, 6.45) is 4.18. The first-order valence-corrected chi connectivity index (χ1v) is 8.73. The second kappa shape index (κ2) is 7.06. The van der Waals surface area contributed by atoms with Gasteiger partial charge in [-0.15, -0.1) is 0 Å². The van der Waals surface area contributed by atoms with Crippen molar-refractivity contribution in [1.29, 1.82) is 0 Å². The van der Waals surface area contributed by atoms with Gasteiger partial charge in [-0.25, -0.2) is 0 Å². The SMILES string of the molecule is CC(=O)Nc1cnn(C2CCN(C(=O)c3cc(-c4ccccc4)on3)C2)c1. The summed E-state index contributed by atoms with van der Waals surface area (Å²) in [7, 11) is 0. The molecule has 1 N–H and O–H groups in total. The van der Waals surface area contributed by atoms with Crippen LogP contribution in [0.5, 0.6) is 0 Å². The Hall–Kier alpha value is -3.42. The molecule has 1 aliphatic rings. The summed E-state index contributed by atoms with van der Waals surface area (Å²) in [6, 6.07) is 11.3. The van der Waals surface area contributed by atoms with Gasteiger partial charge in [0.25, 0.3) is 5.91 Å². The van der Waals surface area contributed by atoms with E-state index < -0.39 is 0 Å². The van der Waals surface area contributed by atoms with Crippen molar-refractivity contribution >= 4 is 17.5 Å².